The van der Waals surface area contributed by atoms with Crippen molar-refractivity contribution in [1.29, 1.82) is 0 Å². The van der Waals surface area contributed by atoms with Gasteiger partial charge in [0, 0.05) is 37.7 Å². The summed E-state index contributed by atoms with van der Waals surface area (Å²) in [7, 11) is 0. The van der Waals surface area contributed by atoms with E-state index in [4.69, 9.17) is 0 Å². The average Bonchev–Trinajstić information content (AvgIpc) is 2.70. The lowest BCUT2D eigenvalue weighted by Gasteiger charge is -2.14. The maximum Gasteiger partial charge on any atom is 0.127 e. The van der Waals surface area contributed by atoms with Gasteiger partial charge in [-0.3, -0.25) is 0 Å². The van der Waals surface area contributed by atoms with E-state index in [1.807, 2.05) is 13.0 Å². The van der Waals surface area contributed by atoms with E-state index in [0.29, 0.717) is 25.2 Å². The van der Waals surface area contributed by atoms with Gasteiger partial charge in [-0.2, -0.15) is 0 Å². The zero-order valence-electron chi connectivity index (χ0n) is 10.0. The normalized spacial score (nSPS) is 24.2. The van der Waals surface area contributed by atoms with Gasteiger partial charge in [0.25, 0.3) is 0 Å². The van der Waals surface area contributed by atoms with Crippen molar-refractivity contribution in [1.82, 2.24) is 10.6 Å². The average molecular weight is 238 g/mol. The zero-order chi connectivity index (χ0) is 12.3. The number of halogens is 1. The van der Waals surface area contributed by atoms with Crippen LogP contribution in [0.1, 0.15) is 11.1 Å². The molecule has 2 unspecified atom stereocenters. The van der Waals surface area contributed by atoms with Gasteiger partial charge in [-0.05, 0) is 13.0 Å². The first-order chi connectivity index (χ1) is 8.16. The maximum absolute atomic E-state index is 13.4. The Morgan fingerprint density at radius 1 is 1.47 bits per heavy atom. The molecule has 1 saturated heterocycles. The van der Waals surface area contributed by atoms with Gasteiger partial charge in [0.2, 0.25) is 0 Å². The molecule has 2 rings (SSSR count). The second-order valence-electron chi connectivity index (χ2n) is 4.71. The Morgan fingerprint density at radius 3 is 3.00 bits per heavy atom. The van der Waals surface area contributed by atoms with Gasteiger partial charge < -0.3 is 15.7 Å². The molecule has 1 aromatic carbocycles. The highest BCUT2D eigenvalue weighted by Crippen LogP contribution is 2.11. The topological polar surface area (TPSA) is 44.3 Å². The van der Waals surface area contributed by atoms with Gasteiger partial charge in [0.15, 0.2) is 0 Å². The summed E-state index contributed by atoms with van der Waals surface area (Å²) >= 11 is 0. The maximum atomic E-state index is 13.4. The van der Waals surface area contributed by atoms with Crippen LogP contribution in [0.15, 0.2) is 18.2 Å². The molecule has 1 aliphatic heterocycles. The van der Waals surface area contributed by atoms with Crippen LogP contribution >= 0.6 is 0 Å². The third-order valence-corrected chi connectivity index (χ3v) is 3.23. The SMILES string of the molecule is Cc1ccc(F)c(CNCC2CNCC2O)c1. The molecule has 94 valence electrons. The summed E-state index contributed by atoms with van der Waals surface area (Å²) in [4.78, 5) is 0. The van der Waals surface area contributed by atoms with Crippen LogP contribution < -0.4 is 10.6 Å². The van der Waals surface area contributed by atoms with Crippen LogP contribution in [0.2, 0.25) is 0 Å². The van der Waals surface area contributed by atoms with Crippen LogP contribution in [0, 0.1) is 18.7 Å². The Morgan fingerprint density at radius 2 is 2.29 bits per heavy atom. The van der Waals surface area contributed by atoms with E-state index in [-0.39, 0.29) is 17.8 Å². The van der Waals surface area contributed by atoms with Crippen molar-refractivity contribution in [2.24, 2.45) is 5.92 Å². The highest BCUT2D eigenvalue weighted by molar-refractivity contribution is 5.23. The van der Waals surface area contributed by atoms with E-state index in [2.05, 4.69) is 10.6 Å². The molecule has 0 aliphatic carbocycles. The molecule has 0 amide bonds. The Hall–Kier alpha value is -0.970. The highest BCUT2D eigenvalue weighted by atomic mass is 19.1. The van der Waals surface area contributed by atoms with Crippen molar-refractivity contribution in [2.45, 2.75) is 19.6 Å². The fraction of sp³-hybridized carbons (Fsp3) is 0.538. The van der Waals surface area contributed by atoms with E-state index in [9.17, 15) is 9.50 Å². The number of aliphatic hydroxyl groups is 1. The molecule has 1 aliphatic rings. The van der Waals surface area contributed by atoms with Crippen LogP contribution in [-0.2, 0) is 6.54 Å². The fourth-order valence-corrected chi connectivity index (χ4v) is 2.16. The van der Waals surface area contributed by atoms with Gasteiger partial charge >= 0.3 is 0 Å². The fourth-order valence-electron chi connectivity index (χ4n) is 2.16. The number of aryl methyl sites for hydroxylation is 1. The molecule has 2 atom stereocenters. The molecular formula is C13H19FN2O. The molecule has 1 fully saturated rings. The molecule has 1 aromatic rings. The summed E-state index contributed by atoms with van der Waals surface area (Å²) in [6.45, 7) is 4.65. The van der Waals surface area contributed by atoms with Gasteiger partial charge in [-0.15, -0.1) is 0 Å². The molecule has 0 aromatic heterocycles. The lowest BCUT2D eigenvalue weighted by Crippen LogP contribution is -2.30. The predicted octanol–water partition coefficient (Wildman–Crippen LogP) is 0.804. The number of rotatable bonds is 4. The summed E-state index contributed by atoms with van der Waals surface area (Å²) in [5, 5.41) is 15.9. The quantitative estimate of drug-likeness (QED) is 0.727. The third kappa shape index (κ3) is 3.25. The molecular weight excluding hydrogens is 219 g/mol. The van der Waals surface area contributed by atoms with Gasteiger partial charge in [-0.25, -0.2) is 4.39 Å². The van der Waals surface area contributed by atoms with Crippen LogP contribution in [0.5, 0.6) is 0 Å². The van der Waals surface area contributed by atoms with E-state index in [1.54, 1.807) is 6.07 Å². The lowest BCUT2D eigenvalue weighted by atomic mass is 10.1. The van der Waals surface area contributed by atoms with Crippen LogP contribution in [-0.4, -0.2) is 30.8 Å². The van der Waals surface area contributed by atoms with E-state index < -0.39 is 0 Å². The lowest BCUT2D eigenvalue weighted by molar-refractivity contribution is 0.146. The van der Waals surface area contributed by atoms with E-state index in [1.165, 1.54) is 6.07 Å². The second-order valence-corrected chi connectivity index (χ2v) is 4.71. The molecule has 0 bridgehead atoms. The van der Waals surface area contributed by atoms with Crippen molar-refractivity contribution < 1.29 is 9.50 Å². The number of hydrogen-bond acceptors (Lipinski definition) is 3. The predicted molar refractivity (Wildman–Crippen MR) is 65.2 cm³/mol. The summed E-state index contributed by atoms with van der Waals surface area (Å²) in [6, 6.07) is 5.12. The minimum atomic E-state index is -0.287. The van der Waals surface area contributed by atoms with Crippen LogP contribution in [0.3, 0.4) is 0 Å². The van der Waals surface area contributed by atoms with Crippen LogP contribution in [0.25, 0.3) is 0 Å². The molecule has 3 N–H and O–H groups in total. The molecule has 3 nitrogen and oxygen atoms in total. The number of hydrogen-bond donors (Lipinski definition) is 3. The van der Waals surface area contributed by atoms with Crippen molar-refractivity contribution in [3.8, 4) is 0 Å². The van der Waals surface area contributed by atoms with E-state index in [0.717, 1.165) is 12.1 Å². The standard InChI is InChI=1S/C13H19FN2O/c1-9-2-3-12(14)10(4-9)5-15-6-11-7-16-8-13(11)17/h2-4,11,13,15-17H,5-8H2,1H3. The first-order valence-corrected chi connectivity index (χ1v) is 6.01. The summed E-state index contributed by atoms with van der Waals surface area (Å²) in [5.74, 6) is 0.0519. The monoisotopic (exact) mass is 238 g/mol. The minimum Gasteiger partial charge on any atom is -0.391 e. The number of aliphatic hydroxyl groups excluding tert-OH is 1. The molecule has 1 heterocycles. The number of benzene rings is 1. The zero-order valence-corrected chi connectivity index (χ0v) is 10.0. The number of β-amino-alcohol motifs (C(OH)–C–C–N with tert-alkyl or cyclic N) is 1. The highest BCUT2D eigenvalue weighted by Gasteiger charge is 2.24. The summed E-state index contributed by atoms with van der Waals surface area (Å²) in [5.41, 5.74) is 1.75. The Balaban J connectivity index is 1.83. The summed E-state index contributed by atoms with van der Waals surface area (Å²) in [6.07, 6.45) is -0.287. The number of nitrogens with one attached hydrogen (secondary N) is 2. The van der Waals surface area contributed by atoms with Crippen molar-refractivity contribution in [2.75, 3.05) is 19.6 Å². The molecule has 0 spiro atoms. The Kier molecular flexibility index (Phi) is 4.10. The Bertz CT molecular complexity index is 384. The largest absolute Gasteiger partial charge is 0.391 e. The van der Waals surface area contributed by atoms with Gasteiger partial charge in [0.1, 0.15) is 5.82 Å². The summed E-state index contributed by atoms with van der Waals surface area (Å²) < 4.78 is 13.4. The molecule has 4 heteroatoms. The van der Waals surface area contributed by atoms with Crippen molar-refractivity contribution in [3.63, 3.8) is 0 Å². The smallest absolute Gasteiger partial charge is 0.127 e. The van der Waals surface area contributed by atoms with Crippen molar-refractivity contribution >= 4 is 0 Å². The second kappa shape index (κ2) is 5.58. The molecule has 17 heavy (non-hydrogen) atoms. The molecule has 0 saturated carbocycles. The van der Waals surface area contributed by atoms with E-state index >= 15 is 0 Å². The van der Waals surface area contributed by atoms with Gasteiger partial charge in [-0.1, -0.05) is 17.7 Å². The minimum absolute atomic E-state index is 0.173. The van der Waals surface area contributed by atoms with Crippen LogP contribution in [0.4, 0.5) is 4.39 Å². The Labute approximate surface area is 101 Å². The molecule has 0 radical (unpaired) electrons. The van der Waals surface area contributed by atoms with Gasteiger partial charge in [0.05, 0.1) is 6.10 Å². The first kappa shape index (κ1) is 12.5. The van der Waals surface area contributed by atoms with Crippen molar-refractivity contribution in [3.05, 3.63) is 35.1 Å². The first-order valence-electron chi connectivity index (χ1n) is 6.01. The third-order valence-electron chi connectivity index (χ3n) is 3.23.